The van der Waals surface area contributed by atoms with Gasteiger partial charge in [-0.15, -0.1) is 0 Å². The fraction of sp³-hybridized carbons (Fsp3) is 0.500. The zero-order valence-corrected chi connectivity index (χ0v) is 10.7. The predicted molar refractivity (Wildman–Crippen MR) is 72.0 cm³/mol. The molecule has 0 saturated heterocycles. The Morgan fingerprint density at radius 3 is 2.89 bits per heavy atom. The molecule has 1 aromatic carbocycles. The lowest BCUT2D eigenvalue weighted by Gasteiger charge is -2.06. The first-order valence-corrected chi connectivity index (χ1v) is 6.65. The molecule has 1 saturated carbocycles. The Hall–Kier alpha value is -1.30. The summed E-state index contributed by atoms with van der Waals surface area (Å²) >= 11 is 0. The standard InChI is InChI=1S/C16H20O2/c17-11-4-3-6-15-5-1-2-7-16(15)13-18-12-10-14-8-9-14/h1-2,5,7,14,17H,4,8-13H2. The average molecular weight is 244 g/mol. The van der Waals surface area contributed by atoms with E-state index in [2.05, 4.69) is 17.9 Å². The van der Waals surface area contributed by atoms with E-state index in [1.54, 1.807) is 0 Å². The monoisotopic (exact) mass is 244 g/mol. The quantitative estimate of drug-likeness (QED) is 0.616. The maximum absolute atomic E-state index is 8.72. The maximum atomic E-state index is 8.72. The van der Waals surface area contributed by atoms with E-state index in [9.17, 15) is 0 Å². The number of benzene rings is 1. The van der Waals surface area contributed by atoms with Crippen LogP contribution in [-0.2, 0) is 11.3 Å². The van der Waals surface area contributed by atoms with Gasteiger partial charge in [0.05, 0.1) is 13.2 Å². The summed E-state index contributed by atoms with van der Waals surface area (Å²) in [5.74, 6) is 6.96. The van der Waals surface area contributed by atoms with Gasteiger partial charge in [-0.25, -0.2) is 0 Å². The van der Waals surface area contributed by atoms with Crippen LogP contribution in [0.15, 0.2) is 24.3 Å². The van der Waals surface area contributed by atoms with Gasteiger partial charge in [0, 0.05) is 18.6 Å². The van der Waals surface area contributed by atoms with E-state index in [1.807, 2.05) is 18.2 Å². The van der Waals surface area contributed by atoms with Gasteiger partial charge in [-0.05, 0) is 24.0 Å². The van der Waals surface area contributed by atoms with Crippen LogP contribution in [0, 0.1) is 17.8 Å². The summed E-state index contributed by atoms with van der Waals surface area (Å²) in [5, 5.41) is 8.72. The van der Waals surface area contributed by atoms with Crippen LogP contribution >= 0.6 is 0 Å². The molecule has 0 aromatic heterocycles. The van der Waals surface area contributed by atoms with E-state index in [1.165, 1.54) is 19.3 Å². The van der Waals surface area contributed by atoms with Crippen molar-refractivity contribution in [2.75, 3.05) is 13.2 Å². The van der Waals surface area contributed by atoms with Crippen LogP contribution in [0.2, 0.25) is 0 Å². The third-order valence-electron chi connectivity index (χ3n) is 3.10. The number of rotatable bonds is 6. The van der Waals surface area contributed by atoms with E-state index in [0.717, 1.165) is 23.7 Å². The molecule has 0 radical (unpaired) electrons. The van der Waals surface area contributed by atoms with Crippen molar-refractivity contribution in [1.29, 1.82) is 0 Å². The molecule has 1 N–H and O–H groups in total. The molecule has 0 heterocycles. The lowest BCUT2D eigenvalue weighted by molar-refractivity contribution is 0.115. The first-order chi connectivity index (χ1) is 8.90. The summed E-state index contributed by atoms with van der Waals surface area (Å²) in [5.41, 5.74) is 2.15. The van der Waals surface area contributed by atoms with Gasteiger partial charge < -0.3 is 9.84 Å². The Kier molecular flexibility index (Phi) is 5.26. The number of ether oxygens (including phenoxy) is 1. The van der Waals surface area contributed by atoms with Crippen molar-refractivity contribution in [2.45, 2.75) is 32.3 Å². The number of hydrogen-bond acceptors (Lipinski definition) is 2. The van der Waals surface area contributed by atoms with Gasteiger partial charge in [0.15, 0.2) is 0 Å². The first-order valence-electron chi connectivity index (χ1n) is 6.65. The molecule has 1 aromatic rings. The molecule has 2 rings (SSSR count). The molecular formula is C16H20O2. The summed E-state index contributed by atoms with van der Waals surface area (Å²) < 4.78 is 5.70. The fourth-order valence-corrected chi connectivity index (χ4v) is 1.82. The molecule has 0 bridgehead atoms. The normalized spacial score (nSPS) is 14.1. The topological polar surface area (TPSA) is 29.5 Å². The van der Waals surface area contributed by atoms with Crippen molar-refractivity contribution in [1.82, 2.24) is 0 Å². The third kappa shape index (κ3) is 4.52. The van der Waals surface area contributed by atoms with Gasteiger partial charge in [-0.1, -0.05) is 42.9 Å². The lowest BCUT2D eigenvalue weighted by Crippen LogP contribution is -1.98. The Balaban J connectivity index is 1.83. The lowest BCUT2D eigenvalue weighted by atomic mass is 10.1. The van der Waals surface area contributed by atoms with E-state index < -0.39 is 0 Å². The van der Waals surface area contributed by atoms with Gasteiger partial charge >= 0.3 is 0 Å². The fourth-order valence-electron chi connectivity index (χ4n) is 1.82. The first kappa shape index (κ1) is 13.1. The van der Waals surface area contributed by atoms with Crippen LogP contribution in [0.1, 0.15) is 36.8 Å². The summed E-state index contributed by atoms with van der Waals surface area (Å²) in [6.07, 6.45) is 4.48. The second-order valence-corrected chi connectivity index (χ2v) is 4.72. The minimum Gasteiger partial charge on any atom is -0.395 e. The highest BCUT2D eigenvalue weighted by Crippen LogP contribution is 2.32. The van der Waals surface area contributed by atoms with Crippen molar-refractivity contribution >= 4 is 0 Å². The van der Waals surface area contributed by atoms with Crippen molar-refractivity contribution in [2.24, 2.45) is 5.92 Å². The Morgan fingerprint density at radius 1 is 1.28 bits per heavy atom. The Morgan fingerprint density at radius 2 is 2.11 bits per heavy atom. The van der Waals surface area contributed by atoms with Crippen molar-refractivity contribution in [3.8, 4) is 11.8 Å². The second kappa shape index (κ2) is 7.20. The predicted octanol–water partition coefficient (Wildman–Crippen LogP) is 2.74. The molecule has 1 fully saturated rings. The molecule has 0 amide bonds. The second-order valence-electron chi connectivity index (χ2n) is 4.72. The van der Waals surface area contributed by atoms with Crippen LogP contribution in [0.5, 0.6) is 0 Å². The van der Waals surface area contributed by atoms with Crippen LogP contribution < -0.4 is 0 Å². The molecule has 2 nitrogen and oxygen atoms in total. The van der Waals surface area contributed by atoms with Crippen LogP contribution in [0.25, 0.3) is 0 Å². The summed E-state index contributed by atoms with van der Waals surface area (Å²) in [7, 11) is 0. The molecule has 1 aliphatic carbocycles. The highest BCUT2D eigenvalue weighted by molar-refractivity contribution is 5.40. The molecule has 0 aliphatic heterocycles. The molecule has 0 unspecified atom stereocenters. The minimum atomic E-state index is 0.118. The SMILES string of the molecule is OCCC#Cc1ccccc1COCCC1CC1. The number of aliphatic hydroxyl groups is 1. The molecule has 0 spiro atoms. The summed E-state index contributed by atoms with van der Waals surface area (Å²) in [4.78, 5) is 0. The smallest absolute Gasteiger partial charge is 0.0728 e. The van der Waals surface area contributed by atoms with E-state index >= 15 is 0 Å². The average Bonchev–Trinajstić information content (AvgIpc) is 3.21. The molecule has 0 atom stereocenters. The van der Waals surface area contributed by atoms with Gasteiger partial charge in [0.25, 0.3) is 0 Å². The van der Waals surface area contributed by atoms with E-state index in [-0.39, 0.29) is 6.61 Å². The zero-order valence-electron chi connectivity index (χ0n) is 10.7. The Labute approximate surface area is 109 Å². The van der Waals surface area contributed by atoms with Crippen LogP contribution in [0.3, 0.4) is 0 Å². The van der Waals surface area contributed by atoms with Gasteiger partial charge in [-0.3, -0.25) is 0 Å². The summed E-state index contributed by atoms with van der Waals surface area (Å²) in [6, 6.07) is 8.05. The zero-order chi connectivity index (χ0) is 12.6. The third-order valence-corrected chi connectivity index (χ3v) is 3.10. The highest BCUT2D eigenvalue weighted by atomic mass is 16.5. The molecular weight excluding hydrogens is 224 g/mol. The van der Waals surface area contributed by atoms with Gasteiger partial charge in [0.1, 0.15) is 0 Å². The van der Waals surface area contributed by atoms with Crippen molar-refractivity contribution in [3.63, 3.8) is 0 Å². The van der Waals surface area contributed by atoms with Gasteiger partial charge in [0.2, 0.25) is 0 Å². The Bertz CT molecular complexity index is 424. The van der Waals surface area contributed by atoms with Crippen LogP contribution in [-0.4, -0.2) is 18.3 Å². The molecule has 2 heteroatoms. The molecule has 96 valence electrons. The molecule has 1 aliphatic rings. The largest absolute Gasteiger partial charge is 0.395 e. The van der Waals surface area contributed by atoms with E-state index in [0.29, 0.717) is 13.0 Å². The number of hydrogen-bond donors (Lipinski definition) is 1. The highest BCUT2D eigenvalue weighted by Gasteiger charge is 2.20. The van der Waals surface area contributed by atoms with Crippen LogP contribution in [0.4, 0.5) is 0 Å². The summed E-state index contributed by atoms with van der Waals surface area (Å²) in [6.45, 7) is 1.60. The van der Waals surface area contributed by atoms with E-state index in [4.69, 9.17) is 9.84 Å². The molecule has 18 heavy (non-hydrogen) atoms. The van der Waals surface area contributed by atoms with Gasteiger partial charge in [-0.2, -0.15) is 0 Å². The van der Waals surface area contributed by atoms with Crippen molar-refractivity contribution in [3.05, 3.63) is 35.4 Å². The minimum absolute atomic E-state index is 0.118. The van der Waals surface area contributed by atoms with Crippen molar-refractivity contribution < 1.29 is 9.84 Å². The number of aliphatic hydroxyl groups excluding tert-OH is 1. The maximum Gasteiger partial charge on any atom is 0.0728 e.